The minimum atomic E-state index is -0.958. The molecule has 1 N–H and O–H groups in total. The van der Waals surface area contributed by atoms with E-state index < -0.39 is 12.1 Å². The van der Waals surface area contributed by atoms with E-state index in [0.29, 0.717) is 35.2 Å². The van der Waals surface area contributed by atoms with E-state index in [0.717, 1.165) is 13.0 Å². The summed E-state index contributed by atoms with van der Waals surface area (Å²) < 4.78 is 11.2. The fourth-order valence-electron chi connectivity index (χ4n) is 5.38. The second-order valence-corrected chi connectivity index (χ2v) is 10.9. The quantitative estimate of drug-likeness (QED) is 0.607. The molecule has 9 heteroatoms. The summed E-state index contributed by atoms with van der Waals surface area (Å²) in [6.07, 6.45) is -0.0555. The fraction of sp³-hybridized carbons (Fsp3) is 0.560. The van der Waals surface area contributed by atoms with Crippen LogP contribution in [0.15, 0.2) is 29.6 Å². The number of ether oxygens (including phenoxy) is 2. The van der Waals surface area contributed by atoms with E-state index in [2.05, 4.69) is 30.7 Å². The summed E-state index contributed by atoms with van der Waals surface area (Å²) in [5, 5.41) is 12.7. The maximum atomic E-state index is 13.1. The van der Waals surface area contributed by atoms with Crippen LogP contribution in [-0.4, -0.2) is 76.8 Å². The highest BCUT2D eigenvalue weighted by Crippen LogP contribution is 2.44. The minimum absolute atomic E-state index is 0.0850. The molecular weight excluding hydrogens is 454 g/mol. The lowest BCUT2D eigenvalue weighted by Gasteiger charge is -2.52. The number of ketones is 1. The van der Waals surface area contributed by atoms with Gasteiger partial charge in [-0.05, 0) is 30.9 Å². The number of amides is 1. The Kier molecular flexibility index (Phi) is 6.98. The van der Waals surface area contributed by atoms with Gasteiger partial charge in [-0.3, -0.25) is 14.6 Å². The second kappa shape index (κ2) is 9.64. The van der Waals surface area contributed by atoms with Crippen molar-refractivity contribution in [1.82, 2.24) is 14.8 Å². The average Bonchev–Trinajstić information content (AvgIpc) is 3.43. The molecule has 0 aliphatic carbocycles. The van der Waals surface area contributed by atoms with Crippen LogP contribution in [0.2, 0.25) is 0 Å². The summed E-state index contributed by atoms with van der Waals surface area (Å²) in [4.78, 5) is 34.3. The smallest absolute Gasteiger partial charge is 0.408 e. The molecule has 34 heavy (non-hydrogen) atoms. The number of fused-ring (bicyclic) bond motifs is 1. The van der Waals surface area contributed by atoms with Crippen LogP contribution in [0.4, 0.5) is 4.79 Å². The molecule has 8 nitrogen and oxygen atoms in total. The van der Waals surface area contributed by atoms with Gasteiger partial charge in [0.25, 0.3) is 0 Å². The lowest BCUT2D eigenvalue weighted by molar-refractivity contribution is -0.0381. The third-order valence-corrected chi connectivity index (χ3v) is 7.65. The molecule has 1 amide bonds. The molecule has 2 aromatic rings. The summed E-state index contributed by atoms with van der Waals surface area (Å²) >= 11 is 1.34. The maximum absolute atomic E-state index is 13.1. The summed E-state index contributed by atoms with van der Waals surface area (Å²) in [6.45, 7) is 10.2. The van der Waals surface area contributed by atoms with Crippen LogP contribution in [0.25, 0.3) is 0 Å². The number of nitrogens with zero attached hydrogens (tertiary/aromatic N) is 3. The molecule has 0 bridgehead atoms. The van der Waals surface area contributed by atoms with Crippen LogP contribution in [0.5, 0.6) is 5.75 Å². The van der Waals surface area contributed by atoms with Crippen molar-refractivity contribution in [1.29, 1.82) is 0 Å². The van der Waals surface area contributed by atoms with Crippen LogP contribution >= 0.6 is 11.3 Å². The Morgan fingerprint density at radius 1 is 1.26 bits per heavy atom. The highest BCUT2D eigenvalue weighted by molar-refractivity contribution is 7.10. The van der Waals surface area contributed by atoms with Crippen molar-refractivity contribution in [3.8, 4) is 5.75 Å². The Morgan fingerprint density at radius 3 is 2.68 bits per heavy atom. The SMILES string of the molecule is CCO[C@@H]1C[C@@H]2C(C(C)(C)C)N(C(=O)O)[C@H](c3nc(C(=O)c4cccc(OC)c4)cs3)CN2C1. The van der Waals surface area contributed by atoms with E-state index in [4.69, 9.17) is 9.47 Å². The number of methoxy groups -OCH3 is 1. The van der Waals surface area contributed by atoms with Crippen LogP contribution in [0, 0.1) is 5.41 Å². The van der Waals surface area contributed by atoms with Gasteiger partial charge in [-0.2, -0.15) is 0 Å². The zero-order valence-corrected chi connectivity index (χ0v) is 21.2. The molecule has 1 aromatic heterocycles. The van der Waals surface area contributed by atoms with Crippen LogP contribution in [0.1, 0.15) is 61.2 Å². The van der Waals surface area contributed by atoms with Crippen molar-refractivity contribution in [3.63, 3.8) is 0 Å². The number of aromatic nitrogens is 1. The number of carboxylic acid groups (broad SMARTS) is 1. The van der Waals surface area contributed by atoms with Gasteiger partial charge >= 0.3 is 6.09 Å². The van der Waals surface area contributed by atoms with Gasteiger partial charge in [0.2, 0.25) is 5.78 Å². The number of benzene rings is 1. The number of carbonyl (C=O) groups excluding carboxylic acids is 1. The molecule has 4 rings (SSSR count). The van der Waals surface area contributed by atoms with E-state index in [1.165, 1.54) is 11.3 Å². The van der Waals surface area contributed by atoms with Gasteiger partial charge in [0, 0.05) is 36.7 Å². The van der Waals surface area contributed by atoms with E-state index in [1.54, 1.807) is 41.7 Å². The Hall–Kier alpha value is -2.49. The van der Waals surface area contributed by atoms with E-state index in [9.17, 15) is 14.7 Å². The normalized spacial score (nSPS) is 25.3. The molecule has 0 radical (unpaired) electrons. The standard InChI is InChI=1S/C25H33N3O5S/c1-6-33-17-11-19-22(25(2,3)4)28(24(30)31)20(13-27(19)12-17)23-26-18(14-34-23)21(29)15-8-7-9-16(10-15)32-5/h7-10,14,17,19-20,22H,6,11-13H2,1-5H3,(H,30,31)/t17-,19-,20+,22?/m1/s1. The molecule has 2 saturated heterocycles. The molecule has 4 atom stereocenters. The molecule has 184 valence electrons. The first kappa shape index (κ1) is 24.6. The Morgan fingerprint density at radius 2 is 2.03 bits per heavy atom. The van der Waals surface area contributed by atoms with Crippen molar-refractivity contribution in [3.05, 3.63) is 45.9 Å². The Labute approximate surface area is 204 Å². The summed E-state index contributed by atoms with van der Waals surface area (Å²) in [6, 6.07) is 6.37. The highest BCUT2D eigenvalue weighted by atomic mass is 32.1. The number of rotatable bonds is 6. The van der Waals surface area contributed by atoms with E-state index in [-0.39, 0.29) is 29.4 Å². The summed E-state index contributed by atoms with van der Waals surface area (Å²) in [5.74, 6) is 0.393. The number of hydrogen-bond acceptors (Lipinski definition) is 7. The minimum Gasteiger partial charge on any atom is -0.497 e. The van der Waals surface area contributed by atoms with Gasteiger partial charge in [-0.15, -0.1) is 11.3 Å². The molecule has 1 aromatic carbocycles. The third kappa shape index (κ3) is 4.69. The maximum Gasteiger partial charge on any atom is 0.408 e. The number of carbonyl (C=O) groups is 2. The van der Waals surface area contributed by atoms with Crippen LogP contribution < -0.4 is 4.74 Å². The van der Waals surface area contributed by atoms with Gasteiger partial charge in [0.05, 0.1) is 19.3 Å². The number of thiazole rings is 1. The lowest BCUT2D eigenvalue weighted by atomic mass is 9.78. The monoisotopic (exact) mass is 487 g/mol. The van der Waals surface area contributed by atoms with E-state index >= 15 is 0 Å². The molecule has 0 spiro atoms. The molecule has 2 aliphatic rings. The molecule has 2 fully saturated rings. The first-order valence-electron chi connectivity index (χ1n) is 11.6. The van der Waals surface area contributed by atoms with E-state index in [1.807, 2.05) is 6.92 Å². The highest BCUT2D eigenvalue weighted by Gasteiger charge is 2.53. The first-order chi connectivity index (χ1) is 16.1. The zero-order chi connectivity index (χ0) is 24.6. The van der Waals surface area contributed by atoms with Gasteiger partial charge in [0.15, 0.2) is 0 Å². The predicted octanol–water partition coefficient (Wildman–Crippen LogP) is 4.31. The Bertz CT molecular complexity index is 1050. The Balaban J connectivity index is 1.67. The number of piperazine rings is 1. The lowest BCUT2D eigenvalue weighted by Crippen LogP contribution is -2.63. The van der Waals surface area contributed by atoms with Gasteiger partial charge in [-0.25, -0.2) is 9.78 Å². The number of hydrogen-bond donors (Lipinski definition) is 1. The average molecular weight is 488 g/mol. The molecule has 1 unspecified atom stereocenters. The first-order valence-corrected chi connectivity index (χ1v) is 12.5. The second-order valence-electron chi connectivity index (χ2n) is 9.98. The zero-order valence-electron chi connectivity index (χ0n) is 20.4. The van der Waals surface area contributed by atoms with Crippen molar-refractivity contribution in [2.45, 2.75) is 58.3 Å². The van der Waals surface area contributed by atoms with Crippen molar-refractivity contribution in [2.75, 3.05) is 26.8 Å². The van der Waals surface area contributed by atoms with Crippen LogP contribution in [0.3, 0.4) is 0 Å². The summed E-state index contributed by atoms with van der Waals surface area (Å²) in [7, 11) is 1.56. The van der Waals surface area contributed by atoms with Gasteiger partial charge in [0.1, 0.15) is 22.5 Å². The topological polar surface area (TPSA) is 92.2 Å². The van der Waals surface area contributed by atoms with Crippen LogP contribution in [-0.2, 0) is 4.74 Å². The van der Waals surface area contributed by atoms with Gasteiger partial charge in [-0.1, -0.05) is 32.9 Å². The molecule has 2 aliphatic heterocycles. The molecular formula is C25H33N3O5S. The predicted molar refractivity (Wildman–Crippen MR) is 130 cm³/mol. The molecule has 0 saturated carbocycles. The molecule has 3 heterocycles. The summed E-state index contributed by atoms with van der Waals surface area (Å²) in [5.41, 5.74) is 0.528. The van der Waals surface area contributed by atoms with Gasteiger partial charge < -0.3 is 14.6 Å². The van der Waals surface area contributed by atoms with Crippen molar-refractivity contribution < 1.29 is 24.2 Å². The fourth-order valence-corrected chi connectivity index (χ4v) is 6.26. The largest absolute Gasteiger partial charge is 0.497 e. The van der Waals surface area contributed by atoms with Crippen molar-refractivity contribution in [2.24, 2.45) is 5.41 Å². The van der Waals surface area contributed by atoms with Crippen molar-refractivity contribution >= 4 is 23.2 Å². The third-order valence-electron chi connectivity index (χ3n) is 6.70.